The van der Waals surface area contributed by atoms with E-state index >= 15 is 0 Å². The van der Waals surface area contributed by atoms with Gasteiger partial charge in [0.05, 0.1) is 25.4 Å². The maximum absolute atomic E-state index is 6.26. The number of methoxy groups -OCH3 is 1. The van der Waals surface area contributed by atoms with E-state index in [4.69, 9.17) is 9.47 Å². The molecule has 2 aliphatic rings. The molecule has 1 atom stereocenters. The number of nitrogens with zero attached hydrogens (tertiary/aromatic N) is 2. The Balaban J connectivity index is 1.28. The monoisotopic (exact) mass is 353 g/mol. The lowest BCUT2D eigenvalue weighted by molar-refractivity contribution is -0.0448. The summed E-state index contributed by atoms with van der Waals surface area (Å²) in [6.07, 6.45) is 5.10. The highest BCUT2D eigenvalue weighted by Gasteiger charge is 2.42. The number of nitrogens with one attached hydrogen (secondary N) is 1. The Morgan fingerprint density at radius 3 is 2.69 bits per heavy atom. The van der Waals surface area contributed by atoms with E-state index in [0.717, 1.165) is 57.1 Å². The van der Waals surface area contributed by atoms with E-state index in [9.17, 15) is 0 Å². The number of piperidine rings is 1. The first kappa shape index (κ1) is 17.3. The van der Waals surface area contributed by atoms with Crippen molar-refractivity contribution in [2.24, 2.45) is 0 Å². The zero-order valence-corrected chi connectivity index (χ0v) is 15.4. The van der Waals surface area contributed by atoms with Crippen molar-refractivity contribution in [2.45, 2.75) is 37.5 Å². The number of pyridine rings is 1. The first-order chi connectivity index (χ1) is 12.7. The standard InChI is InChI=1S/C21H27N3O2/c1-25-19-7-5-17(6-8-19)15-24-12-9-21(10-13-24)14-18(16-26-21)23-20-4-2-3-11-22-20/h2-8,11,18H,9-10,12-16H2,1H3,(H,22,23)/t18-/m0/s1. The SMILES string of the molecule is COc1ccc(CN2CCC3(CC2)C[C@H](Nc2ccccn2)CO3)cc1. The van der Waals surface area contributed by atoms with Crippen molar-refractivity contribution in [3.63, 3.8) is 0 Å². The van der Waals surface area contributed by atoms with Crippen molar-refractivity contribution in [3.05, 3.63) is 54.2 Å². The van der Waals surface area contributed by atoms with Crippen LogP contribution in [0, 0.1) is 0 Å². The van der Waals surface area contributed by atoms with Gasteiger partial charge in [-0.05, 0) is 49.1 Å². The predicted octanol–water partition coefficient (Wildman–Crippen LogP) is 3.33. The minimum atomic E-state index is 0.0445. The predicted molar refractivity (Wildman–Crippen MR) is 102 cm³/mol. The molecule has 2 fully saturated rings. The summed E-state index contributed by atoms with van der Waals surface area (Å²) in [6, 6.07) is 14.7. The molecule has 0 unspecified atom stereocenters. The van der Waals surface area contributed by atoms with E-state index in [1.165, 1.54) is 5.56 Å². The first-order valence-electron chi connectivity index (χ1n) is 9.42. The molecule has 1 N–H and O–H groups in total. The molecule has 3 heterocycles. The van der Waals surface area contributed by atoms with Crippen molar-refractivity contribution >= 4 is 5.82 Å². The average Bonchev–Trinajstić information content (AvgIpc) is 3.07. The van der Waals surface area contributed by atoms with Gasteiger partial charge in [-0.1, -0.05) is 18.2 Å². The van der Waals surface area contributed by atoms with E-state index < -0.39 is 0 Å². The number of aromatic nitrogens is 1. The summed E-state index contributed by atoms with van der Waals surface area (Å²) in [6.45, 7) is 3.94. The van der Waals surface area contributed by atoms with Crippen LogP contribution in [0.15, 0.2) is 48.7 Å². The molecule has 1 aromatic carbocycles. The number of ether oxygens (including phenoxy) is 2. The highest BCUT2D eigenvalue weighted by Crippen LogP contribution is 2.37. The number of hydrogen-bond donors (Lipinski definition) is 1. The van der Waals surface area contributed by atoms with Crippen LogP contribution in [-0.4, -0.2) is 48.3 Å². The van der Waals surface area contributed by atoms with Crippen molar-refractivity contribution in [1.29, 1.82) is 0 Å². The van der Waals surface area contributed by atoms with Gasteiger partial charge in [0.2, 0.25) is 0 Å². The Morgan fingerprint density at radius 1 is 1.19 bits per heavy atom. The molecule has 0 bridgehead atoms. The summed E-state index contributed by atoms with van der Waals surface area (Å²) in [5.74, 6) is 1.85. The molecule has 0 amide bonds. The highest BCUT2D eigenvalue weighted by atomic mass is 16.5. The molecule has 138 valence electrons. The zero-order chi connectivity index (χ0) is 17.8. The fraction of sp³-hybridized carbons (Fsp3) is 0.476. The van der Waals surface area contributed by atoms with Gasteiger partial charge in [-0.2, -0.15) is 0 Å². The van der Waals surface area contributed by atoms with Gasteiger partial charge in [0.15, 0.2) is 0 Å². The molecule has 5 heteroatoms. The summed E-state index contributed by atoms with van der Waals surface area (Å²) in [4.78, 5) is 6.89. The first-order valence-corrected chi connectivity index (χ1v) is 9.42. The van der Waals surface area contributed by atoms with E-state index in [2.05, 4.69) is 27.3 Å². The van der Waals surface area contributed by atoms with Crippen molar-refractivity contribution in [2.75, 3.05) is 32.1 Å². The van der Waals surface area contributed by atoms with Crippen LogP contribution in [0.4, 0.5) is 5.82 Å². The third-order valence-electron chi connectivity index (χ3n) is 5.56. The van der Waals surface area contributed by atoms with Gasteiger partial charge in [-0.25, -0.2) is 4.98 Å². The average molecular weight is 353 g/mol. The quantitative estimate of drug-likeness (QED) is 0.893. The molecule has 2 saturated heterocycles. The Labute approximate surface area is 155 Å². The fourth-order valence-electron chi connectivity index (χ4n) is 4.05. The molecule has 0 radical (unpaired) electrons. The Morgan fingerprint density at radius 2 is 2.00 bits per heavy atom. The molecule has 0 saturated carbocycles. The maximum Gasteiger partial charge on any atom is 0.126 e. The summed E-state index contributed by atoms with van der Waals surface area (Å²) >= 11 is 0. The van der Waals surface area contributed by atoms with Gasteiger partial charge < -0.3 is 14.8 Å². The third-order valence-corrected chi connectivity index (χ3v) is 5.56. The topological polar surface area (TPSA) is 46.6 Å². The van der Waals surface area contributed by atoms with Crippen molar-refractivity contribution < 1.29 is 9.47 Å². The molecule has 1 spiro atoms. The lowest BCUT2D eigenvalue weighted by atomic mass is 9.87. The molecule has 1 aromatic heterocycles. The van der Waals surface area contributed by atoms with E-state index in [1.54, 1.807) is 7.11 Å². The van der Waals surface area contributed by atoms with Gasteiger partial charge in [0.1, 0.15) is 11.6 Å². The molecule has 5 nitrogen and oxygen atoms in total. The largest absolute Gasteiger partial charge is 0.497 e. The maximum atomic E-state index is 6.26. The summed E-state index contributed by atoms with van der Waals surface area (Å²) in [5.41, 5.74) is 1.38. The van der Waals surface area contributed by atoms with Crippen LogP contribution >= 0.6 is 0 Å². The van der Waals surface area contributed by atoms with E-state index in [0.29, 0.717) is 6.04 Å². The summed E-state index contributed by atoms with van der Waals surface area (Å²) in [5, 5.41) is 3.51. The van der Waals surface area contributed by atoms with Crippen LogP contribution in [0.1, 0.15) is 24.8 Å². The molecule has 4 rings (SSSR count). The van der Waals surface area contributed by atoms with E-state index in [-0.39, 0.29) is 5.60 Å². The number of likely N-dealkylation sites (tertiary alicyclic amines) is 1. The second kappa shape index (κ2) is 7.64. The molecule has 2 aromatic rings. The van der Waals surface area contributed by atoms with Gasteiger partial charge in [-0.3, -0.25) is 4.90 Å². The highest BCUT2D eigenvalue weighted by molar-refractivity contribution is 5.35. The minimum Gasteiger partial charge on any atom is -0.497 e. The van der Waals surface area contributed by atoms with Crippen molar-refractivity contribution in [3.8, 4) is 5.75 Å². The van der Waals surface area contributed by atoms with Crippen LogP contribution in [0.25, 0.3) is 0 Å². The van der Waals surface area contributed by atoms with Crippen LogP contribution < -0.4 is 10.1 Å². The normalized spacial score (nSPS) is 22.4. The third kappa shape index (κ3) is 4.00. The van der Waals surface area contributed by atoms with Gasteiger partial charge >= 0.3 is 0 Å². The van der Waals surface area contributed by atoms with Gasteiger partial charge in [0, 0.05) is 25.8 Å². The number of rotatable bonds is 5. The molecule has 2 aliphatic heterocycles. The summed E-state index contributed by atoms with van der Waals surface area (Å²) < 4.78 is 11.5. The molecular weight excluding hydrogens is 326 g/mol. The minimum absolute atomic E-state index is 0.0445. The van der Waals surface area contributed by atoms with Crippen molar-refractivity contribution in [1.82, 2.24) is 9.88 Å². The second-order valence-corrected chi connectivity index (χ2v) is 7.38. The lowest BCUT2D eigenvalue weighted by Gasteiger charge is -2.38. The van der Waals surface area contributed by atoms with Gasteiger partial charge in [0.25, 0.3) is 0 Å². The van der Waals surface area contributed by atoms with Crippen LogP contribution in [-0.2, 0) is 11.3 Å². The molecular formula is C21H27N3O2. The Bertz CT molecular complexity index is 697. The smallest absolute Gasteiger partial charge is 0.126 e. The number of benzene rings is 1. The second-order valence-electron chi connectivity index (χ2n) is 7.38. The van der Waals surface area contributed by atoms with Gasteiger partial charge in [-0.15, -0.1) is 0 Å². The van der Waals surface area contributed by atoms with Crippen LogP contribution in [0.5, 0.6) is 5.75 Å². The Hall–Kier alpha value is -2.11. The van der Waals surface area contributed by atoms with E-state index in [1.807, 2.05) is 36.5 Å². The van der Waals surface area contributed by atoms with Crippen LogP contribution in [0.2, 0.25) is 0 Å². The van der Waals surface area contributed by atoms with Crippen LogP contribution in [0.3, 0.4) is 0 Å². The molecule has 26 heavy (non-hydrogen) atoms. The summed E-state index contributed by atoms with van der Waals surface area (Å²) in [7, 11) is 1.71. The number of anilines is 1. The molecule has 0 aliphatic carbocycles. The fourth-order valence-corrected chi connectivity index (χ4v) is 4.05. The number of hydrogen-bond acceptors (Lipinski definition) is 5. The lowest BCUT2D eigenvalue weighted by Crippen LogP contribution is -2.44. The zero-order valence-electron chi connectivity index (χ0n) is 15.4. The Kier molecular flexibility index (Phi) is 5.09.